The molecule has 1 rings (SSSR count). The van der Waals surface area contributed by atoms with E-state index in [9.17, 15) is 9.70 Å². The van der Waals surface area contributed by atoms with Crippen LogP contribution < -0.4 is 0 Å². The van der Waals surface area contributed by atoms with Gasteiger partial charge in [-0.1, -0.05) is 19.3 Å². The molecule has 0 aromatic carbocycles. The summed E-state index contributed by atoms with van der Waals surface area (Å²) in [7, 11) is 0. The van der Waals surface area contributed by atoms with Gasteiger partial charge in [0.1, 0.15) is 0 Å². The molecule has 0 bridgehead atoms. The molecule has 4 heteroatoms. The van der Waals surface area contributed by atoms with Gasteiger partial charge in [0, 0.05) is 12.5 Å². The van der Waals surface area contributed by atoms with Gasteiger partial charge in [-0.2, -0.15) is 5.01 Å². The molecular weight excluding hydrogens is 168 g/mol. The van der Waals surface area contributed by atoms with E-state index in [-0.39, 0.29) is 11.8 Å². The third-order valence-electron chi connectivity index (χ3n) is 2.61. The molecule has 1 aliphatic rings. The smallest absolute Gasteiger partial charge is 0.248 e. The fourth-order valence-corrected chi connectivity index (χ4v) is 1.81. The van der Waals surface area contributed by atoms with E-state index in [4.69, 9.17) is 0 Å². The SMILES string of the molecule is CCN(N=O)C(=O)C1CCCCC1. The molecule has 0 aromatic heterocycles. The van der Waals surface area contributed by atoms with E-state index in [0.29, 0.717) is 6.54 Å². The van der Waals surface area contributed by atoms with Crippen LogP contribution >= 0.6 is 0 Å². The van der Waals surface area contributed by atoms with Crippen molar-refractivity contribution in [3.8, 4) is 0 Å². The standard InChI is InChI=1S/C9H16N2O2/c1-2-11(10-13)9(12)8-6-4-3-5-7-8/h8H,2-7H2,1H3. The zero-order chi connectivity index (χ0) is 9.68. The topological polar surface area (TPSA) is 49.7 Å². The quantitative estimate of drug-likeness (QED) is 0.498. The molecule has 4 nitrogen and oxygen atoms in total. The lowest BCUT2D eigenvalue weighted by Gasteiger charge is -2.23. The Morgan fingerprint density at radius 2 is 2.00 bits per heavy atom. The summed E-state index contributed by atoms with van der Waals surface area (Å²) in [4.78, 5) is 21.9. The van der Waals surface area contributed by atoms with Crippen molar-refractivity contribution in [2.24, 2.45) is 11.2 Å². The second-order valence-corrected chi connectivity index (χ2v) is 3.47. The lowest BCUT2D eigenvalue weighted by atomic mass is 9.88. The minimum Gasteiger partial charge on any atom is -0.273 e. The summed E-state index contributed by atoms with van der Waals surface area (Å²) in [6.45, 7) is 2.15. The van der Waals surface area contributed by atoms with E-state index in [1.807, 2.05) is 0 Å². The van der Waals surface area contributed by atoms with Crippen molar-refractivity contribution in [3.63, 3.8) is 0 Å². The van der Waals surface area contributed by atoms with Crippen LogP contribution in [0.25, 0.3) is 0 Å². The average Bonchev–Trinajstić information content (AvgIpc) is 2.21. The molecule has 1 saturated carbocycles. The molecule has 1 aliphatic carbocycles. The third kappa shape index (κ3) is 2.50. The van der Waals surface area contributed by atoms with Gasteiger partial charge in [-0.25, -0.2) is 0 Å². The Labute approximate surface area is 78.2 Å². The Morgan fingerprint density at radius 1 is 1.38 bits per heavy atom. The van der Waals surface area contributed by atoms with Crippen LogP contribution in [-0.4, -0.2) is 17.5 Å². The van der Waals surface area contributed by atoms with E-state index in [1.165, 1.54) is 6.42 Å². The summed E-state index contributed by atoms with van der Waals surface area (Å²) in [6, 6.07) is 0. The van der Waals surface area contributed by atoms with Crippen molar-refractivity contribution in [1.29, 1.82) is 0 Å². The molecule has 1 fully saturated rings. The van der Waals surface area contributed by atoms with E-state index in [1.54, 1.807) is 6.92 Å². The van der Waals surface area contributed by atoms with Gasteiger partial charge in [-0.15, -0.1) is 4.91 Å². The number of hydrogen-bond acceptors (Lipinski definition) is 3. The molecule has 0 aromatic rings. The molecule has 1 amide bonds. The monoisotopic (exact) mass is 184 g/mol. The summed E-state index contributed by atoms with van der Waals surface area (Å²) < 4.78 is 0. The summed E-state index contributed by atoms with van der Waals surface area (Å²) in [6.07, 6.45) is 5.26. The van der Waals surface area contributed by atoms with E-state index >= 15 is 0 Å². The lowest BCUT2D eigenvalue weighted by molar-refractivity contribution is -0.136. The molecule has 0 saturated heterocycles. The van der Waals surface area contributed by atoms with Crippen LogP contribution in [0.1, 0.15) is 39.0 Å². The third-order valence-corrected chi connectivity index (χ3v) is 2.61. The highest BCUT2D eigenvalue weighted by Gasteiger charge is 2.25. The Morgan fingerprint density at radius 3 is 2.46 bits per heavy atom. The second kappa shape index (κ2) is 4.94. The summed E-state index contributed by atoms with van der Waals surface area (Å²) in [5, 5.41) is 3.75. The highest BCUT2D eigenvalue weighted by atomic mass is 16.3. The van der Waals surface area contributed by atoms with Crippen LogP contribution in [0.3, 0.4) is 0 Å². The van der Waals surface area contributed by atoms with Crippen molar-refractivity contribution < 1.29 is 4.79 Å². The molecule has 0 radical (unpaired) electrons. The maximum atomic E-state index is 11.6. The van der Waals surface area contributed by atoms with E-state index in [0.717, 1.165) is 30.7 Å². The second-order valence-electron chi connectivity index (χ2n) is 3.47. The molecule has 0 unspecified atom stereocenters. The van der Waals surface area contributed by atoms with Crippen LogP contribution in [0.4, 0.5) is 0 Å². The van der Waals surface area contributed by atoms with Crippen molar-refractivity contribution in [2.45, 2.75) is 39.0 Å². The van der Waals surface area contributed by atoms with E-state index in [2.05, 4.69) is 5.29 Å². The molecule has 0 N–H and O–H groups in total. The zero-order valence-electron chi connectivity index (χ0n) is 8.03. The lowest BCUT2D eigenvalue weighted by Crippen LogP contribution is -2.32. The largest absolute Gasteiger partial charge is 0.273 e. The van der Waals surface area contributed by atoms with Gasteiger partial charge in [-0.05, 0) is 19.8 Å². The number of rotatable bonds is 3. The zero-order valence-corrected chi connectivity index (χ0v) is 8.03. The summed E-state index contributed by atoms with van der Waals surface area (Å²) >= 11 is 0. The Kier molecular flexibility index (Phi) is 3.86. The molecular formula is C9H16N2O2. The normalized spacial score (nSPS) is 18.2. The van der Waals surface area contributed by atoms with Gasteiger partial charge in [0.15, 0.2) is 0 Å². The van der Waals surface area contributed by atoms with Gasteiger partial charge < -0.3 is 0 Å². The van der Waals surface area contributed by atoms with Crippen molar-refractivity contribution in [2.75, 3.05) is 6.54 Å². The first-order valence-corrected chi connectivity index (χ1v) is 4.94. The highest BCUT2D eigenvalue weighted by Crippen LogP contribution is 2.25. The minimum absolute atomic E-state index is 0.0476. The number of hydrogen-bond donors (Lipinski definition) is 0. The Hall–Kier alpha value is -0.930. The van der Waals surface area contributed by atoms with Crippen molar-refractivity contribution in [3.05, 3.63) is 4.91 Å². The van der Waals surface area contributed by atoms with Crippen LogP contribution in [0.5, 0.6) is 0 Å². The molecule has 74 valence electrons. The molecule has 13 heavy (non-hydrogen) atoms. The fraction of sp³-hybridized carbons (Fsp3) is 0.889. The van der Waals surface area contributed by atoms with Gasteiger partial charge in [0.25, 0.3) is 0 Å². The number of nitroso groups, excluding NO2 is 1. The molecule has 0 spiro atoms. The van der Waals surface area contributed by atoms with Crippen LogP contribution in [0.2, 0.25) is 0 Å². The van der Waals surface area contributed by atoms with Gasteiger partial charge in [-0.3, -0.25) is 4.79 Å². The molecule has 0 aliphatic heterocycles. The maximum Gasteiger partial charge on any atom is 0.248 e. The fourth-order valence-electron chi connectivity index (χ4n) is 1.81. The minimum atomic E-state index is -0.0859. The van der Waals surface area contributed by atoms with Crippen LogP contribution in [-0.2, 0) is 4.79 Å². The van der Waals surface area contributed by atoms with Gasteiger partial charge in [0.05, 0.1) is 5.29 Å². The predicted molar refractivity (Wildman–Crippen MR) is 49.8 cm³/mol. The maximum absolute atomic E-state index is 11.6. The average molecular weight is 184 g/mol. The Balaban J connectivity index is 2.48. The van der Waals surface area contributed by atoms with Gasteiger partial charge in [0.2, 0.25) is 5.91 Å². The van der Waals surface area contributed by atoms with Crippen molar-refractivity contribution in [1.82, 2.24) is 5.01 Å². The number of carbonyl (C=O) groups is 1. The summed E-state index contributed by atoms with van der Waals surface area (Å²) in [5.74, 6) is -0.0383. The van der Waals surface area contributed by atoms with Gasteiger partial charge >= 0.3 is 0 Å². The van der Waals surface area contributed by atoms with Crippen LogP contribution in [0.15, 0.2) is 5.29 Å². The molecule has 0 heterocycles. The highest BCUT2D eigenvalue weighted by molar-refractivity contribution is 5.78. The summed E-state index contributed by atoms with van der Waals surface area (Å²) in [5.41, 5.74) is 0. The molecule has 0 atom stereocenters. The number of amides is 1. The number of carbonyl (C=O) groups excluding carboxylic acids is 1. The Bertz CT molecular complexity index is 188. The first kappa shape index (κ1) is 10.2. The van der Waals surface area contributed by atoms with Crippen LogP contribution in [0, 0.1) is 10.8 Å². The first-order chi connectivity index (χ1) is 6.29. The number of nitrogens with zero attached hydrogens (tertiary/aromatic N) is 2. The van der Waals surface area contributed by atoms with E-state index < -0.39 is 0 Å². The van der Waals surface area contributed by atoms with Crippen molar-refractivity contribution >= 4 is 5.91 Å². The predicted octanol–water partition coefficient (Wildman–Crippen LogP) is 2.10. The first-order valence-electron chi connectivity index (χ1n) is 4.94.